The van der Waals surface area contributed by atoms with Gasteiger partial charge < -0.3 is 16.3 Å². The summed E-state index contributed by atoms with van der Waals surface area (Å²) in [6, 6.07) is 7.24. The van der Waals surface area contributed by atoms with E-state index >= 15 is 0 Å². The van der Waals surface area contributed by atoms with E-state index in [-0.39, 0.29) is 5.84 Å². The Balaban J connectivity index is 2.67. The second-order valence-corrected chi connectivity index (χ2v) is 3.22. The Kier molecular flexibility index (Phi) is 4.90. The van der Waals surface area contributed by atoms with Crippen molar-refractivity contribution >= 4 is 5.84 Å². The van der Waals surface area contributed by atoms with Crippen LogP contribution in [0.15, 0.2) is 29.4 Å². The molecule has 1 aromatic rings. The molecule has 0 heterocycles. The van der Waals surface area contributed by atoms with E-state index < -0.39 is 0 Å². The molecule has 0 fully saturated rings. The Labute approximate surface area is 95.2 Å². The summed E-state index contributed by atoms with van der Waals surface area (Å²) in [6.45, 7) is 0.884. The summed E-state index contributed by atoms with van der Waals surface area (Å²) >= 11 is 0. The van der Waals surface area contributed by atoms with E-state index in [0.717, 1.165) is 18.5 Å². The lowest BCUT2D eigenvalue weighted by molar-refractivity contribution is 0.318. The Hall–Kier alpha value is -1.99. The topological polar surface area (TPSA) is 70.6 Å². The van der Waals surface area contributed by atoms with E-state index in [1.807, 2.05) is 19.2 Å². The fourth-order valence-corrected chi connectivity index (χ4v) is 1.13. The second-order valence-electron chi connectivity index (χ2n) is 3.22. The first kappa shape index (κ1) is 12.1. The molecule has 0 aliphatic carbocycles. The first-order chi connectivity index (χ1) is 7.77. The monoisotopic (exact) mass is 217 g/mol. The summed E-state index contributed by atoms with van der Waals surface area (Å²) in [4.78, 5) is 0. The molecule has 0 spiro atoms. The van der Waals surface area contributed by atoms with Gasteiger partial charge in [-0.05, 0) is 31.3 Å². The number of hydrogen-bond acceptors (Lipinski definition) is 3. The standard InChI is InChI=1S/C12H15N3O/c1-14-9-3-2-4-10-5-7-11(8-6-10)12(13)15-16/h5-8,14,16H,3,9H2,1H3,(H2,13,15). The quantitative estimate of drug-likeness (QED) is 0.175. The van der Waals surface area contributed by atoms with Crippen molar-refractivity contribution in [2.75, 3.05) is 13.6 Å². The molecule has 84 valence electrons. The van der Waals surface area contributed by atoms with Crippen molar-refractivity contribution in [1.82, 2.24) is 5.32 Å². The van der Waals surface area contributed by atoms with Gasteiger partial charge in [0, 0.05) is 24.1 Å². The summed E-state index contributed by atoms with van der Waals surface area (Å²) in [6.07, 6.45) is 0.818. The fourth-order valence-electron chi connectivity index (χ4n) is 1.13. The summed E-state index contributed by atoms with van der Waals surface area (Å²) < 4.78 is 0. The van der Waals surface area contributed by atoms with Gasteiger partial charge in [-0.3, -0.25) is 0 Å². The van der Waals surface area contributed by atoms with Crippen molar-refractivity contribution < 1.29 is 5.21 Å². The SMILES string of the molecule is CNCCC#Cc1ccc(C(N)=NO)cc1. The molecule has 1 rings (SSSR count). The highest BCUT2D eigenvalue weighted by Crippen LogP contribution is 2.02. The largest absolute Gasteiger partial charge is 0.409 e. The Bertz CT molecular complexity index is 412. The van der Waals surface area contributed by atoms with Crippen LogP contribution < -0.4 is 11.1 Å². The van der Waals surface area contributed by atoms with Crippen molar-refractivity contribution in [2.24, 2.45) is 10.9 Å². The van der Waals surface area contributed by atoms with E-state index in [0.29, 0.717) is 5.56 Å². The lowest BCUT2D eigenvalue weighted by Gasteiger charge is -1.97. The highest BCUT2D eigenvalue weighted by atomic mass is 16.4. The maximum absolute atomic E-state index is 8.49. The smallest absolute Gasteiger partial charge is 0.170 e. The average molecular weight is 217 g/mol. The van der Waals surface area contributed by atoms with Crippen LogP contribution in [-0.4, -0.2) is 24.6 Å². The van der Waals surface area contributed by atoms with Gasteiger partial charge >= 0.3 is 0 Å². The fraction of sp³-hybridized carbons (Fsp3) is 0.250. The van der Waals surface area contributed by atoms with Crippen molar-refractivity contribution in [2.45, 2.75) is 6.42 Å². The van der Waals surface area contributed by atoms with Gasteiger partial charge in [-0.15, -0.1) is 0 Å². The van der Waals surface area contributed by atoms with Crippen LogP contribution in [0, 0.1) is 11.8 Å². The van der Waals surface area contributed by atoms with Gasteiger partial charge in [0.2, 0.25) is 0 Å². The Morgan fingerprint density at radius 1 is 1.44 bits per heavy atom. The lowest BCUT2D eigenvalue weighted by atomic mass is 10.1. The number of amidine groups is 1. The maximum Gasteiger partial charge on any atom is 0.170 e. The van der Waals surface area contributed by atoms with Crippen molar-refractivity contribution in [3.63, 3.8) is 0 Å². The first-order valence-electron chi connectivity index (χ1n) is 4.99. The number of benzene rings is 1. The summed E-state index contributed by atoms with van der Waals surface area (Å²) in [7, 11) is 1.90. The van der Waals surface area contributed by atoms with E-state index in [2.05, 4.69) is 22.3 Å². The molecule has 1 aromatic carbocycles. The number of nitrogens with zero attached hydrogens (tertiary/aromatic N) is 1. The molecule has 0 saturated carbocycles. The summed E-state index contributed by atoms with van der Waals surface area (Å²) in [5.41, 5.74) is 7.05. The molecule has 0 bridgehead atoms. The number of oxime groups is 1. The van der Waals surface area contributed by atoms with Crippen LogP contribution in [0.3, 0.4) is 0 Å². The zero-order valence-corrected chi connectivity index (χ0v) is 9.20. The van der Waals surface area contributed by atoms with E-state index in [9.17, 15) is 0 Å². The van der Waals surface area contributed by atoms with Crippen LogP contribution in [0.4, 0.5) is 0 Å². The van der Waals surface area contributed by atoms with Gasteiger partial charge in [-0.25, -0.2) is 0 Å². The normalized spacial score (nSPS) is 10.7. The Morgan fingerprint density at radius 2 is 2.12 bits per heavy atom. The Morgan fingerprint density at radius 3 is 2.69 bits per heavy atom. The van der Waals surface area contributed by atoms with E-state index in [1.54, 1.807) is 12.1 Å². The second kappa shape index (κ2) is 6.49. The van der Waals surface area contributed by atoms with Crippen LogP contribution in [0.1, 0.15) is 17.5 Å². The van der Waals surface area contributed by atoms with E-state index in [1.165, 1.54) is 0 Å². The third-order valence-electron chi connectivity index (χ3n) is 2.02. The molecule has 4 heteroatoms. The molecular formula is C12H15N3O. The molecule has 4 N–H and O–H groups in total. The lowest BCUT2D eigenvalue weighted by Crippen LogP contribution is -2.12. The van der Waals surface area contributed by atoms with Gasteiger partial charge in [0.1, 0.15) is 0 Å². The molecular weight excluding hydrogens is 202 g/mol. The van der Waals surface area contributed by atoms with Crippen LogP contribution in [0.5, 0.6) is 0 Å². The van der Waals surface area contributed by atoms with Crippen LogP contribution in [0.2, 0.25) is 0 Å². The molecule has 0 radical (unpaired) electrons. The molecule has 0 unspecified atom stereocenters. The van der Waals surface area contributed by atoms with Crippen LogP contribution in [0.25, 0.3) is 0 Å². The van der Waals surface area contributed by atoms with Gasteiger partial charge in [0.05, 0.1) is 0 Å². The van der Waals surface area contributed by atoms with Gasteiger partial charge in [0.25, 0.3) is 0 Å². The summed E-state index contributed by atoms with van der Waals surface area (Å²) in [5.74, 6) is 6.18. The highest BCUT2D eigenvalue weighted by molar-refractivity contribution is 5.97. The third-order valence-corrected chi connectivity index (χ3v) is 2.02. The molecule has 0 aromatic heterocycles. The number of rotatable bonds is 3. The molecule has 0 saturated heterocycles. The minimum atomic E-state index is 0.106. The zero-order chi connectivity index (χ0) is 11.8. The number of nitrogens with one attached hydrogen (secondary N) is 1. The van der Waals surface area contributed by atoms with Gasteiger partial charge in [-0.2, -0.15) is 0 Å². The van der Waals surface area contributed by atoms with Gasteiger partial charge in [-0.1, -0.05) is 17.0 Å². The van der Waals surface area contributed by atoms with Gasteiger partial charge in [0.15, 0.2) is 5.84 Å². The van der Waals surface area contributed by atoms with Crippen LogP contribution >= 0.6 is 0 Å². The molecule has 16 heavy (non-hydrogen) atoms. The van der Waals surface area contributed by atoms with Crippen molar-refractivity contribution in [3.8, 4) is 11.8 Å². The maximum atomic E-state index is 8.49. The van der Waals surface area contributed by atoms with Crippen LogP contribution in [-0.2, 0) is 0 Å². The minimum absolute atomic E-state index is 0.106. The highest BCUT2D eigenvalue weighted by Gasteiger charge is 1.96. The predicted octanol–water partition coefficient (Wildman–Crippen LogP) is 0.742. The summed E-state index contributed by atoms with van der Waals surface area (Å²) in [5, 5.41) is 14.4. The van der Waals surface area contributed by atoms with Crippen molar-refractivity contribution in [3.05, 3.63) is 35.4 Å². The van der Waals surface area contributed by atoms with Crippen molar-refractivity contribution in [1.29, 1.82) is 0 Å². The number of hydrogen-bond donors (Lipinski definition) is 3. The first-order valence-corrected chi connectivity index (χ1v) is 4.99. The molecule has 0 atom stereocenters. The molecule has 0 aliphatic rings. The van der Waals surface area contributed by atoms with E-state index in [4.69, 9.17) is 10.9 Å². The average Bonchev–Trinajstić information content (AvgIpc) is 2.34. The molecule has 0 aliphatic heterocycles. The minimum Gasteiger partial charge on any atom is -0.409 e. The predicted molar refractivity (Wildman–Crippen MR) is 64.4 cm³/mol. The zero-order valence-electron chi connectivity index (χ0n) is 9.20. The molecule has 4 nitrogen and oxygen atoms in total. The molecule has 0 amide bonds. The third kappa shape index (κ3) is 3.64. The number of nitrogens with two attached hydrogens (primary N) is 1.